The fraction of sp³-hybridized carbons (Fsp3) is 0.600. The number of ether oxygens (including phenoxy) is 1. The van der Waals surface area contributed by atoms with Crippen LogP contribution in [0.25, 0.3) is 26.4 Å². The van der Waals surface area contributed by atoms with E-state index in [4.69, 9.17) is 11.3 Å². The van der Waals surface area contributed by atoms with Crippen molar-refractivity contribution in [1.29, 1.82) is 0 Å². The predicted octanol–water partition coefficient (Wildman–Crippen LogP) is 4.87. The Bertz CT molecular complexity index is 1880. The minimum atomic E-state index is -4.16. The molecule has 3 atom stereocenters. The summed E-state index contributed by atoms with van der Waals surface area (Å²) in [6, 6.07) is 1.95. The molecule has 2 saturated heterocycles. The van der Waals surface area contributed by atoms with Crippen molar-refractivity contribution in [1.82, 2.24) is 34.9 Å². The number of fused-ring (bicyclic) bond motifs is 3. The van der Waals surface area contributed by atoms with Crippen LogP contribution in [-0.2, 0) is 26.6 Å². The van der Waals surface area contributed by atoms with E-state index < -0.39 is 44.9 Å². The highest BCUT2D eigenvalue weighted by molar-refractivity contribution is 7.89. The molecule has 0 spiro atoms. The summed E-state index contributed by atoms with van der Waals surface area (Å²) < 4.78 is 63.7. The Morgan fingerprint density at radius 3 is 2.38 bits per heavy atom. The second-order valence-electron chi connectivity index (χ2n) is 13.5. The summed E-state index contributed by atoms with van der Waals surface area (Å²) in [6.45, 7) is 14.3. The summed E-state index contributed by atoms with van der Waals surface area (Å²) in [7, 11) is -2.46. The van der Waals surface area contributed by atoms with Crippen molar-refractivity contribution in [2.75, 3.05) is 0 Å². The Morgan fingerprint density at radius 1 is 1.17 bits per heavy atom. The number of aryl methyl sites for hydroxylation is 1. The number of nitrogens with one attached hydrogen (secondary N) is 2. The molecule has 3 aliphatic rings. The lowest BCUT2D eigenvalue weighted by Gasteiger charge is -2.40. The van der Waals surface area contributed by atoms with E-state index >= 15 is 0 Å². The van der Waals surface area contributed by atoms with Gasteiger partial charge in [-0.15, -0.1) is 14.9 Å². The maximum absolute atomic E-state index is 13.7. The molecule has 1 saturated carbocycles. The smallest absolute Gasteiger partial charge is 0.408 e. The van der Waals surface area contributed by atoms with Gasteiger partial charge in [-0.25, -0.2) is 28.6 Å². The molecule has 2 N–H and O–H groups in total. The number of carbonyl (C=O) groups excluding carboxylic acids is 2. The van der Waals surface area contributed by atoms with Crippen LogP contribution >= 0.6 is 11.3 Å². The van der Waals surface area contributed by atoms with Gasteiger partial charge in [-0.2, -0.15) is 5.10 Å². The molecular weight excluding hydrogens is 655 g/mol. The highest BCUT2D eigenvalue weighted by atomic mass is 32.2. The van der Waals surface area contributed by atoms with Crippen LogP contribution in [0.4, 0.5) is 13.6 Å². The van der Waals surface area contributed by atoms with Crippen molar-refractivity contribution in [2.45, 2.75) is 113 Å². The molecule has 2 aromatic heterocycles. The van der Waals surface area contributed by atoms with E-state index in [1.807, 2.05) is 4.90 Å². The first-order valence-corrected chi connectivity index (χ1v) is 17.7. The van der Waals surface area contributed by atoms with Crippen molar-refractivity contribution >= 4 is 44.3 Å². The van der Waals surface area contributed by atoms with Crippen LogP contribution in [0.3, 0.4) is 0 Å². The number of amides is 2. The zero-order valence-corrected chi connectivity index (χ0v) is 28.2. The first-order valence-electron chi connectivity index (χ1n) is 15.4. The maximum Gasteiger partial charge on any atom is 0.408 e. The zero-order chi connectivity index (χ0) is 34.1. The number of piperidine rings is 1. The van der Waals surface area contributed by atoms with Crippen LogP contribution in [0.5, 0.6) is 0 Å². The molecule has 2 bridgehead atoms. The number of benzene rings is 1. The molecule has 6 rings (SSSR count). The van der Waals surface area contributed by atoms with E-state index in [1.165, 1.54) is 6.07 Å². The van der Waals surface area contributed by atoms with Crippen LogP contribution in [0.1, 0.15) is 89.1 Å². The summed E-state index contributed by atoms with van der Waals surface area (Å²) >= 11 is 0.689. The minimum Gasteiger partial charge on any atom is -0.444 e. The molecule has 4 heterocycles. The number of halogens is 2. The van der Waals surface area contributed by atoms with Gasteiger partial charge in [0.15, 0.2) is 10.0 Å². The van der Waals surface area contributed by atoms with Gasteiger partial charge in [0.25, 0.3) is 12.1 Å². The van der Waals surface area contributed by atoms with Crippen molar-refractivity contribution < 1.29 is 31.5 Å². The molecule has 17 heteroatoms. The van der Waals surface area contributed by atoms with Gasteiger partial charge < -0.3 is 15.0 Å². The molecule has 1 aliphatic carbocycles. The molecule has 2 aliphatic heterocycles. The second-order valence-corrected chi connectivity index (χ2v) is 16.2. The molecule has 2 unspecified atom stereocenters. The molecule has 252 valence electrons. The number of sulfonamides is 1. The molecular formula is C30H36F2N8O5S2. The summed E-state index contributed by atoms with van der Waals surface area (Å²) in [5, 5.41) is 14.8. The Morgan fingerprint density at radius 2 is 1.83 bits per heavy atom. The topological polar surface area (TPSA) is 153 Å². The quantitative estimate of drug-likeness (QED) is 0.318. The van der Waals surface area contributed by atoms with Gasteiger partial charge in [0.2, 0.25) is 15.9 Å². The number of alkyl halides is 2. The lowest BCUT2D eigenvalue weighted by Crippen LogP contribution is -2.54. The lowest BCUT2D eigenvalue weighted by atomic mass is 9.83. The van der Waals surface area contributed by atoms with Crippen LogP contribution in [-0.4, -0.2) is 74.7 Å². The van der Waals surface area contributed by atoms with Crippen LogP contribution < -0.4 is 10.0 Å². The number of carbonyl (C=O) groups is 2. The fourth-order valence-corrected chi connectivity index (χ4v) is 8.81. The first kappa shape index (κ1) is 33.2. The number of hydrogen-bond acceptors (Lipinski definition) is 9. The van der Waals surface area contributed by atoms with E-state index in [-0.39, 0.29) is 39.5 Å². The van der Waals surface area contributed by atoms with Gasteiger partial charge in [0.05, 0.1) is 23.3 Å². The molecule has 1 aromatic carbocycles. The SMILES string of the molecule is [C-]#[N+]C1(NS(=O)(=O)c2cc(C3CC4CCC(C3)N4C(=O)[C@H](C)NC(=O)OC(C)(C)C)c3c(c2)c(-c2nnc(C(F)F)s2)nn3C)CC1. The molecule has 0 radical (unpaired) electrons. The van der Waals surface area contributed by atoms with Gasteiger partial charge in [0, 0.05) is 24.5 Å². The molecule has 2 amide bonds. The van der Waals surface area contributed by atoms with E-state index in [0.29, 0.717) is 53.5 Å². The minimum absolute atomic E-state index is 0.0659. The van der Waals surface area contributed by atoms with Crippen molar-refractivity contribution in [3.63, 3.8) is 0 Å². The van der Waals surface area contributed by atoms with Crippen molar-refractivity contribution in [3.8, 4) is 10.7 Å². The third-order valence-corrected chi connectivity index (χ3v) is 11.3. The zero-order valence-electron chi connectivity index (χ0n) is 26.6. The van der Waals surface area contributed by atoms with Gasteiger partial charge >= 0.3 is 6.09 Å². The van der Waals surface area contributed by atoms with E-state index in [2.05, 4.69) is 30.2 Å². The average Bonchev–Trinajstić information content (AvgIpc) is 3.28. The van der Waals surface area contributed by atoms with E-state index in [1.54, 1.807) is 45.5 Å². The van der Waals surface area contributed by atoms with Gasteiger partial charge in [-0.05, 0) is 77.0 Å². The highest BCUT2D eigenvalue weighted by Crippen LogP contribution is 2.47. The second kappa shape index (κ2) is 11.7. The highest BCUT2D eigenvalue weighted by Gasteiger charge is 2.54. The Kier molecular flexibility index (Phi) is 8.28. The van der Waals surface area contributed by atoms with Gasteiger partial charge in [-0.1, -0.05) is 11.3 Å². The summed E-state index contributed by atoms with van der Waals surface area (Å²) in [5.74, 6) is -0.386. The monoisotopic (exact) mass is 690 g/mol. The lowest BCUT2D eigenvalue weighted by molar-refractivity contribution is -0.137. The number of rotatable bonds is 8. The molecule has 3 fully saturated rings. The Balaban J connectivity index is 1.36. The maximum atomic E-state index is 13.7. The number of aromatic nitrogens is 4. The normalized spacial score (nSPS) is 22.7. The largest absolute Gasteiger partial charge is 0.444 e. The van der Waals surface area contributed by atoms with Crippen molar-refractivity contribution in [2.24, 2.45) is 7.05 Å². The number of alkyl carbamates (subject to hydrolysis) is 1. The van der Waals surface area contributed by atoms with E-state index in [9.17, 15) is 26.8 Å². The third-order valence-electron chi connectivity index (χ3n) is 8.87. The average molecular weight is 691 g/mol. The van der Waals surface area contributed by atoms with E-state index in [0.717, 1.165) is 12.8 Å². The summed E-state index contributed by atoms with van der Waals surface area (Å²) in [6.07, 6.45) is -0.116. The van der Waals surface area contributed by atoms with Gasteiger partial charge in [-0.3, -0.25) is 14.3 Å². The predicted molar refractivity (Wildman–Crippen MR) is 168 cm³/mol. The summed E-state index contributed by atoms with van der Waals surface area (Å²) in [5.41, 5.74) is -0.335. The first-order chi connectivity index (χ1) is 22.0. The van der Waals surface area contributed by atoms with Crippen molar-refractivity contribution in [3.05, 3.63) is 34.1 Å². The third kappa shape index (κ3) is 6.42. The number of hydrogen-bond donors (Lipinski definition) is 2. The van der Waals surface area contributed by atoms with Crippen LogP contribution in [0.15, 0.2) is 17.0 Å². The van der Waals surface area contributed by atoms with Crippen LogP contribution in [0.2, 0.25) is 0 Å². The fourth-order valence-electron chi connectivity index (χ4n) is 6.69. The van der Waals surface area contributed by atoms with Crippen LogP contribution in [0, 0.1) is 6.57 Å². The number of nitrogens with zero attached hydrogens (tertiary/aromatic N) is 6. The molecule has 47 heavy (non-hydrogen) atoms. The molecule has 13 nitrogen and oxygen atoms in total. The molecule has 3 aromatic rings. The Hall–Kier alpha value is -3.75. The Labute approximate surface area is 274 Å². The standard InChI is InChI=1S/C30H36F2N8O5S2/c1-15(34-28(42)45-29(2,3)4)27(41)40-17-7-8-18(40)12-16(11-17)20-13-19(47(43,44)38-30(33-5)9-10-30)14-21-22(37-39(6)23(20)21)25-35-36-26(46-25)24(31)32/h13-18,24,38H,7-12H2,1-4,6H3,(H,34,42)/t15-,16?,17?,18?/m0/s1. The summed E-state index contributed by atoms with van der Waals surface area (Å²) in [4.78, 5) is 31.2. The van der Waals surface area contributed by atoms with Gasteiger partial charge in [0.1, 0.15) is 17.3 Å².